The fourth-order valence-corrected chi connectivity index (χ4v) is 1.83. The molecule has 2 rings (SSSR count). The Labute approximate surface area is 137 Å². The predicted molar refractivity (Wildman–Crippen MR) is 85.0 cm³/mol. The van der Waals surface area contributed by atoms with Gasteiger partial charge in [0.2, 0.25) is 5.89 Å². The third-order valence-electron chi connectivity index (χ3n) is 3.00. The molecule has 2 aromatic rings. The van der Waals surface area contributed by atoms with E-state index in [9.17, 15) is 14.4 Å². The van der Waals surface area contributed by atoms with Crippen molar-refractivity contribution in [3.05, 3.63) is 53.5 Å². The molecule has 8 nitrogen and oxygen atoms in total. The van der Waals surface area contributed by atoms with Gasteiger partial charge in [0, 0.05) is 12.1 Å². The zero-order chi connectivity index (χ0) is 17.5. The van der Waals surface area contributed by atoms with Crippen LogP contribution in [0.5, 0.6) is 0 Å². The van der Waals surface area contributed by atoms with Crippen LogP contribution in [0.2, 0.25) is 0 Å². The lowest BCUT2D eigenvalue weighted by Gasteiger charge is -2.12. The molecule has 24 heavy (non-hydrogen) atoms. The smallest absolute Gasteiger partial charge is 0.437 e. The average Bonchev–Trinajstić information content (AvgIpc) is 2.94. The van der Waals surface area contributed by atoms with Crippen LogP contribution >= 0.6 is 0 Å². The molecule has 126 valence electrons. The van der Waals surface area contributed by atoms with Crippen molar-refractivity contribution in [2.75, 3.05) is 6.54 Å². The lowest BCUT2D eigenvalue weighted by molar-refractivity contribution is -0.155. The normalized spacial score (nSPS) is 11.5. The van der Waals surface area contributed by atoms with Crippen LogP contribution in [-0.4, -0.2) is 34.3 Å². The standard InChI is InChI=1S/C16H17N3O5/c1-3-9-17-14(21)11(2)23-13(20)10-19-16(22)24-15(18-19)12-7-5-4-6-8-12/h3-8,11H,1,9-10H2,2H3,(H,17,21)/t11-/m0/s1. The van der Waals surface area contributed by atoms with Gasteiger partial charge in [-0.25, -0.2) is 4.79 Å². The van der Waals surface area contributed by atoms with Gasteiger partial charge in [-0.05, 0) is 19.1 Å². The highest BCUT2D eigenvalue weighted by atomic mass is 16.5. The lowest BCUT2D eigenvalue weighted by Crippen LogP contribution is -2.37. The number of rotatable bonds is 7. The number of aromatic nitrogens is 2. The molecule has 0 saturated carbocycles. The number of esters is 1. The van der Waals surface area contributed by atoms with E-state index in [0.717, 1.165) is 4.68 Å². The van der Waals surface area contributed by atoms with Gasteiger partial charge in [-0.15, -0.1) is 11.7 Å². The van der Waals surface area contributed by atoms with E-state index in [0.29, 0.717) is 5.56 Å². The van der Waals surface area contributed by atoms with Gasteiger partial charge < -0.3 is 14.5 Å². The molecule has 0 bridgehead atoms. The molecule has 1 aromatic heterocycles. The van der Waals surface area contributed by atoms with Gasteiger partial charge in [-0.3, -0.25) is 9.59 Å². The second-order valence-electron chi connectivity index (χ2n) is 4.86. The number of benzene rings is 1. The summed E-state index contributed by atoms with van der Waals surface area (Å²) >= 11 is 0. The number of carbonyl (C=O) groups excluding carboxylic acids is 2. The summed E-state index contributed by atoms with van der Waals surface area (Å²) in [7, 11) is 0. The van der Waals surface area contributed by atoms with Crippen molar-refractivity contribution < 1.29 is 18.7 Å². The number of hydrogen-bond donors (Lipinski definition) is 1. The second kappa shape index (κ2) is 7.91. The maximum Gasteiger partial charge on any atom is 0.437 e. The van der Waals surface area contributed by atoms with Crippen LogP contribution in [0.4, 0.5) is 0 Å². The molecule has 0 saturated heterocycles. The van der Waals surface area contributed by atoms with Crippen LogP contribution in [0.15, 0.2) is 52.2 Å². The van der Waals surface area contributed by atoms with Crippen molar-refractivity contribution in [2.45, 2.75) is 19.6 Å². The van der Waals surface area contributed by atoms with Gasteiger partial charge in [0.15, 0.2) is 6.10 Å². The second-order valence-corrected chi connectivity index (χ2v) is 4.86. The van der Waals surface area contributed by atoms with E-state index in [4.69, 9.17) is 9.15 Å². The van der Waals surface area contributed by atoms with Gasteiger partial charge in [-0.2, -0.15) is 4.68 Å². The van der Waals surface area contributed by atoms with Gasteiger partial charge in [0.05, 0.1) is 0 Å². The first-order chi connectivity index (χ1) is 11.5. The van der Waals surface area contributed by atoms with Crippen molar-refractivity contribution in [1.29, 1.82) is 0 Å². The predicted octanol–water partition coefficient (Wildman–Crippen LogP) is 0.737. The first-order valence-electron chi connectivity index (χ1n) is 7.22. The Kier molecular flexibility index (Phi) is 5.67. The Morgan fingerprint density at radius 1 is 1.42 bits per heavy atom. The molecule has 0 aliphatic heterocycles. The monoisotopic (exact) mass is 331 g/mol. The van der Waals surface area contributed by atoms with Gasteiger partial charge in [0.1, 0.15) is 6.54 Å². The van der Waals surface area contributed by atoms with Crippen LogP contribution in [0.25, 0.3) is 11.5 Å². The van der Waals surface area contributed by atoms with Crippen LogP contribution < -0.4 is 11.1 Å². The van der Waals surface area contributed by atoms with Crippen molar-refractivity contribution >= 4 is 11.9 Å². The highest BCUT2D eigenvalue weighted by Crippen LogP contribution is 2.13. The molecule has 0 aliphatic rings. The summed E-state index contributed by atoms with van der Waals surface area (Å²) in [4.78, 5) is 35.2. The van der Waals surface area contributed by atoms with E-state index in [1.165, 1.54) is 13.0 Å². The Bertz CT molecular complexity index is 779. The minimum absolute atomic E-state index is 0.102. The van der Waals surface area contributed by atoms with Crippen LogP contribution in [0, 0.1) is 0 Å². The van der Waals surface area contributed by atoms with Crippen molar-refractivity contribution in [1.82, 2.24) is 15.1 Å². The van der Waals surface area contributed by atoms with Crippen molar-refractivity contribution in [3.8, 4) is 11.5 Å². The van der Waals surface area contributed by atoms with E-state index >= 15 is 0 Å². The number of amides is 1. The summed E-state index contributed by atoms with van der Waals surface area (Å²) in [5.74, 6) is -1.91. The fraction of sp³-hybridized carbons (Fsp3) is 0.250. The molecule has 1 atom stereocenters. The quantitative estimate of drug-likeness (QED) is 0.593. The van der Waals surface area contributed by atoms with Gasteiger partial charge in [-0.1, -0.05) is 24.3 Å². The maximum atomic E-state index is 11.8. The zero-order valence-corrected chi connectivity index (χ0v) is 13.1. The molecule has 1 amide bonds. The van der Waals surface area contributed by atoms with E-state index in [1.807, 2.05) is 6.07 Å². The Balaban J connectivity index is 2.00. The highest BCUT2D eigenvalue weighted by Gasteiger charge is 2.19. The van der Waals surface area contributed by atoms with E-state index < -0.39 is 30.3 Å². The molecule has 8 heteroatoms. The van der Waals surface area contributed by atoms with Crippen LogP contribution in [0.3, 0.4) is 0 Å². The number of carbonyl (C=O) groups is 2. The molecule has 0 fully saturated rings. The summed E-state index contributed by atoms with van der Waals surface area (Å²) in [6.45, 7) is 4.71. The minimum Gasteiger partial charge on any atom is -0.451 e. The van der Waals surface area contributed by atoms with Gasteiger partial charge >= 0.3 is 11.7 Å². The zero-order valence-electron chi connectivity index (χ0n) is 13.1. The van der Waals surface area contributed by atoms with E-state index in [-0.39, 0.29) is 12.4 Å². The number of hydrogen-bond acceptors (Lipinski definition) is 6. The molecule has 1 aromatic carbocycles. The lowest BCUT2D eigenvalue weighted by atomic mass is 10.2. The van der Waals surface area contributed by atoms with Crippen LogP contribution in [-0.2, 0) is 20.9 Å². The largest absolute Gasteiger partial charge is 0.451 e. The van der Waals surface area contributed by atoms with E-state index in [2.05, 4.69) is 17.0 Å². The molecule has 0 unspecified atom stereocenters. The van der Waals surface area contributed by atoms with Crippen molar-refractivity contribution in [2.24, 2.45) is 0 Å². The molecule has 1 heterocycles. The topological polar surface area (TPSA) is 103 Å². The molecular weight excluding hydrogens is 314 g/mol. The highest BCUT2D eigenvalue weighted by molar-refractivity contribution is 5.83. The summed E-state index contributed by atoms with van der Waals surface area (Å²) in [6, 6.07) is 8.80. The fourth-order valence-electron chi connectivity index (χ4n) is 1.83. The number of nitrogens with one attached hydrogen (secondary N) is 1. The number of nitrogens with zero attached hydrogens (tertiary/aromatic N) is 2. The third-order valence-corrected chi connectivity index (χ3v) is 3.00. The Morgan fingerprint density at radius 3 is 2.79 bits per heavy atom. The average molecular weight is 331 g/mol. The molecular formula is C16H17N3O5. The molecule has 0 radical (unpaired) electrons. The van der Waals surface area contributed by atoms with E-state index in [1.54, 1.807) is 24.3 Å². The number of ether oxygens (including phenoxy) is 1. The molecule has 0 spiro atoms. The summed E-state index contributed by atoms with van der Waals surface area (Å²) in [5.41, 5.74) is 0.610. The Hall–Kier alpha value is -3.16. The summed E-state index contributed by atoms with van der Waals surface area (Å²) in [5, 5.41) is 6.45. The molecule has 1 N–H and O–H groups in total. The first-order valence-corrected chi connectivity index (χ1v) is 7.22. The first kappa shape index (κ1) is 17.2. The maximum absolute atomic E-state index is 11.8. The third kappa shape index (κ3) is 4.42. The van der Waals surface area contributed by atoms with Gasteiger partial charge in [0.25, 0.3) is 5.91 Å². The summed E-state index contributed by atoms with van der Waals surface area (Å²) in [6.07, 6.45) is 0.514. The SMILES string of the molecule is C=CCNC(=O)[C@H](C)OC(=O)Cn1nc(-c2ccccc2)oc1=O. The van der Waals surface area contributed by atoms with Crippen molar-refractivity contribution in [3.63, 3.8) is 0 Å². The molecule has 0 aliphatic carbocycles. The summed E-state index contributed by atoms with van der Waals surface area (Å²) < 4.78 is 10.8. The minimum atomic E-state index is -0.992. The van der Waals surface area contributed by atoms with Crippen LogP contribution in [0.1, 0.15) is 6.92 Å². The Morgan fingerprint density at radius 2 is 2.12 bits per heavy atom.